The minimum absolute atomic E-state index is 0.119. The van der Waals surface area contributed by atoms with Gasteiger partial charge in [-0.2, -0.15) is 0 Å². The number of fused-ring (bicyclic) bond motifs is 1. The molecule has 1 heterocycles. The van der Waals surface area contributed by atoms with E-state index >= 15 is 0 Å². The van der Waals surface area contributed by atoms with Crippen molar-refractivity contribution in [2.45, 2.75) is 19.5 Å². The third kappa shape index (κ3) is 4.30. The lowest BCUT2D eigenvalue weighted by Crippen LogP contribution is -2.36. The summed E-state index contributed by atoms with van der Waals surface area (Å²) in [7, 11) is 1.71. The molecule has 0 spiro atoms. The van der Waals surface area contributed by atoms with E-state index in [0.717, 1.165) is 10.0 Å². The number of para-hydroxylation sites is 1. The topological polar surface area (TPSA) is 55.2 Å². The van der Waals surface area contributed by atoms with Crippen molar-refractivity contribution in [2.24, 2.45) is 7.05 Å². The zero-order valence-electron chi connectivity index (χ0n) is 17.3. The molecule has 0 bridgehead atoms. The van der Waals surface area contributed by atoms with Crippen LogP contribution in [-0.4, -0.2) is 20.4 Å². The van der Waals surface area contributed by atoms with Crippen molar-refractivity contribution in [2.75, 3.05) is 0 Å². The van der Waals surface area contributed by atoms with Gasteiger partial charge in [0.1, 0.15) is 5.82 Å². The number of hydrogen-bond donors (Lipinski definition) is 0. The van der Waals surface area contributed by atoms with Gasteiger partial charge in [0.05, 0.1) is 16.9 Å². The molecule has 1 atom stereocenters. The summed E-state index contributed by atoms with van der Waals surface area (Å²) in [5, 5.41) is 0.565. The van der Waals surface area contributed by atoms with Crippen LogP contribution in [0.3, 0.4) is 0 Å². The average Bonchev–Trinajstić information content (AvgIpc) is 2.80. The molecule has 1 amide bonds. The summed E-state index contributed by atoms with van der Waals surface area (Å²) in [5.74, 6) is 0.427. The zero-order chi connectivity index (χ0) is 22.0. The molecule has 5 nitrogen and oxygen atoms in total. The molecule has 0 aliphatic rings. The number of amides is 1. The van der Waals surface area contributed by atoms with Crippen molar-refractivity contribution in [1.82, 2.24) is 14.5 Å². The number of hydrogen-bond acceptors (Lipinski definition) is 3. The van der Waals surface area contributed by atoms with Gasteiger partial charge in [0.25, 0.3) is 11.5 Å². The molecule has 0 N–H and O–H groups in total. The van der Waals surface area contributed by atoms with Crippen LogP contribution in [0.25, 0.3) is 10.9 Å². The van der Waals surface area contributed by atoms with Gasteiger partial charge in [0, 0.05) is 23.6 Å². The van der Waals surface area contributed by atoms with E-state index in [1.807, 2.05) is 67.6 Å². The first-order valence-corrected chi connectivity index (χ1v) is 10.8. The van der Waals surface area contributed by atoms with Gasteiger partial charge in [-0.1, -0.05) is 58.4 Å². The molecule has 0 fully saturated rings. The van der Waals surface area contributed by atoms with E-state index in [0.29, 0.717) is 28.8 Å². The predicted octanol–water partition coefficient (Wildman–Crippen LogP) is 5.10. The molecule has 4 aromatic rings. The zero-order valence-corrected chi connectivity index (χ0v) is 18.9. The molecule has 0 radical (unpaired) electrons. The molecule has 156 valence electrons. The second kappa shape index (κ2) is 8.86. The van der Waals surface area contributed by atoms with Crippen molar-refractivity contribution in [1.29, 1.82) is 0 Å². The van der Waals surface area contributed by atoms with E-state index in [-0.39, 0.29) is 11.5 Å². The number of rotatable bonds is 5. The largest absolute Gasteiger partial charge is 0.324 e. The van der Waals surface area contributed by atoms with Crippen molar-refractivity contribution >= 4 is 32.7 Å². The SMILES string of the molecule is CC(c1nc2ccccc2c(=O)n1C)N(Cc1ccccc1)C(=O)c1ccc(Br)cc1. The molecule has 3 aromatic carbocycles. The number of carbonyl (C=O) groups excluding carboxylic acids is 1. The highest BCUT2D eigenvalue weighted by Crippen LogP contribution is 2.24. The first-order valence-electron chi connectivity index (χ1n) is 10.0. The Hall–Kier alpha value is -3.25. The maximum atomic E-state index is 13.5. The quantitative estimate of drug-likeness (QED) is 0.403. The molecule has 0 saturated carbocycles. The normalized spacial score (nSPS) is 12.0. The van der Waals surface area contributed by atoms with Crippen LogP contribution in [0.2, 0.25) is 0 Å². The summed E-state index contributed by atoms with van der Waals surface area (Å²) < 4.78 is 2.45. The van der Waals surface area contributed by atoms with E-state index in [2.05, 4.69) is 15.9 Å². The third-order valence-electron chi connectivity index (χ3n) is 5.41. The van der Waals surface area contributed by atoms with Crippen LogP contribution in [0, 0.1) is 0 Å². The summed E-state index contributed by atoms with van der Waals surface area (Å²) in [5.41, 5.74) is 2.09. The second-order valence-corrected chi connectivity index (χ2v) is 8.37. The van der Waals surface area contributed by atoms with Crippen molar-refractivity contribution in [3.63, 3.8) is 0 Å². The molecule has 4 rings (SSSR count). The Morgan fingerprint density at radius 1 is 1.00 bits per heavy atom. The van der Waals surface area contributed by atoms with Gasteiger partial charge >= 0.3 is 0 Å². The van der Waals surface area contributed by atoms with Crippen molar-refractivity contribution < 1.29 is 4.79 Å². The smallest absolute Gasteiger partial charge is 0.261 e. The first-order chi connectivity index (χ1) is 15.0. The number of halogens is 1. The van der Waals surface area contributed by atoms with Crippen LogP contribution in [-0.2, 0) is 13.6 Å². The van der Waals surface area contributed by atoms with Crippen LogP contribution in [0.1, 0.15) is 34.7 Å². The van der Waals surface area contributed by atoms with Gasteiger partial charge in [-0.15, -0.1) is 0 Å². The highest BCUT2D eigenvalue weighted by Gasteiger charge is 2.26. The highest BCUT2D eigenvalue weighted by atomic mass is 79.9. The Kier molecular flexibility index (Phi) is 6.00. The molecular formula is C25H22BrN3O2. The standard InChI is InChI=1S/C25H22BrN3O2/c1-17(23-27-22-11-7-6-10-21(22)25(31)28(23)2)29(16-18-8-4-3-5-9-18)24(30)19-12-14-20(26)15-13-19/h3-15,17H,16H2,1-2H3. The number of benzene rings is 3. The van der Waals surface area contributed by atoms with Crippen molar-refractivity contribution in [3.8, 4) is 0 Å². The van der Waals surface area contributed by atoms with Crippen LogP contribution >= 0.6 is 15.9 Å². The maximum Gasteiger partial charge on any atom is 0.261 e. The Balaban J connectivity index is 1.80. The third-order valence-corrected chi connectivity index (χ3v) is 5.94. The molecule has 0 aliphatic heterocycles. The van der Waals surface area contributed by atoms with Gasteiger partial charge < -0.3 is 4.90 Å². The fourth-order valence-corrected chi connectivity index (χ4v) is 3.94. The minimum Gasteiger partial charge on any atom is -0.324 e. The van der Waals surface area contributed by atoms with Crippen LogP contribution in [0.4, 0.5) is 0 Å². The first kappa shape index (κ1) is 21.0. The molecule has 6 heteroatoms. The van der Waals surface area contributed by atoms with E-state index < -0.39 is 6.04 Å². The Bertz CT molecular complexity index is 1280. The Morgan fingerprint density at radius 3 is 2.35 bits per heavy atom. The predicted molar refractivity (Wildman–Crippen MR) is 126 cm³/mol. The number of nitrogens with zero attached hydrogens (tertiary/aromatic N) is 3. The second-order valence-electron chi connectivity index (χ2n) is 7.45. The fourth-order valence-electron chi connectivity index (χ4n) is 3.67. The molecule has 1 unspecified atom stereocenters. The molecule has 0 saturated heterocycles. The summed E-state index contributed by atoms with van der Waals surface area (Å²) in [4.78, 5) is 33.0. The lowest BCUT2D eigenvalue weighted by molar-refractivity contribution is 0.0663. The van der Waals surface area contributed by atoms with Gasteiger partial charge in [-0.25, -0.2) is 4.98 Å². The van der Waals surface area contributed by atoms with Crippen LogP contribution in [0.15, 0.2) is 88.1 Å². The van der Waals surface area contributed by atoms with Crippen molar-refractivity contribution in [3.05, 3.63) is 111 Å². The number of carbonyl (C=O) groups is 1. The number of aromatic nitrogens is 2. The van der Waals surface area contributed by atoms with E-state index in [4.69, 9.17) is 4.98 Å². The van der Waals surface area contributed by atoms with E-state index in [1.165, 1.54) is 0 Å². The molecule has 0 aliphatic carbocycles. The summed E-state index contributed by atoms with van der Waals surface area (Å²) in [6.07, 6.45) is 0. The lowest BCUT2D eigenvalue weighted by atomic mass is 10.1. The molecule has 31 heavy (non-hydrogen) atoms. The lowest BCUT2D eigenvalue weighted by Gasteiger charge is -2.30. The molecular weight excluding hydrogens is 454 g/mol. The summed E-state index contributed by atoms with van der Waals surface area (Å²) in [6.45, 7) is 2.32. The molecule has 1 aromatic heterocycles. The summed E-state index contributed by atoms with van der Waals surface area (Å²) >= 11 is 3.42. The fraction of sp³-hybridized carbons (Fsp3) is 0.160. The highest BCUT2D eigenvalue weighted by molar-refractivity contribution is 9.10. The van der Waals surface area contributed by atoms with Gasteiger partial charge in [-0.3, -0.25) is 14.2 Å². The van der Waals surface area contributed by atoms with E-state index in [9.17, 15) is 9.59 Å². The van der Waals surface area contributed by atoms with Gasteiger partial charge in [0.15, 0.2) is 0 Å². The van der Waals surface area contributed by atoms with Crippen LogP contribution < -0.4 is 5.56 Å². The maximum absolute atomic E-state index is 13.5. The van der Waals surface area contributed by atoms with Gasteiger partial charge in [-0.05, 0) is 48.9 Å². The Morgan fingerprint density at radius 2 is 1.65 bits per heavy atom. The summed E-state index contributed by atoms with van der Waals surface area (Å²) in [6, 6.07) is 24.0. The monoisotopic (exact) mass is 475 g/mol. The van der Waals surface area contributed by atoms with Crippen LogP contribution in [0.5, 0.6) is 0 Å². The van der Waals surface area contributed by atoms with E-state index in [1.54, 1.807) is 34.7 Å². The average molecular weight is 476 g/mol. The van der Waals surface area contributed by atoms with Gasteiger partial charge in [0.2, 0.25) is 0 Å². The Labute approximate surface area is 189 Å². The minimum atomic E-state index is -0.418.